The Morgan fingerprint density at radius 1 is 1.29 bits per heavy atom. The number of benzene rings is 1. The molecule has 2 rings (SSSR count). The Balaban J connectivity index is 2.27. The molecule has 114 valence electrons. The molecule has 5 nitrogen and oxygen atoms in total. The molecule has 1 amide bonds. The van der Waals surface area contributed by atoms with Gasteiger partial charge in [-0.15, -0.1) is 0 Å². The third-order valence-corrected chi connectivity index (χ3v) is 3.37. The number of carbonyl (C=O) groups excluding carboxylic acids is 1. The van der Waals surface area contributed by atoms with Gasteiger partial charge in [-0.1, -0.05) is 6.07 Å². The Bertz CT molecular complexity index is 587. The average Bonchev–Trinajstić information content (AvgIpc) is 2.34. The average molecular weight is 291 g/mol. The SMILES string of the molecule is Cc1cc2c(c(C(=O)O)c1)CN(C(=O)OC(C)(C)C)CC2. The van der Waals surface area contributed by atoms with Crippen LogP contribution in [0.4, 0.5) is 4.79 Å². The zero-order valence-corrected chi connectivity index (χ0v) is 12.9. The van der Waals surface area contributed by atoms with Crippen molar-refractivity contribution in [1.29, 1.82) is 0 Å². The minimum Gasteiger partial charge on any atom is -0.478 e. The number of carboxylic acids is 1. The molecule has 0 bridgehead atoms. The van der Waals surface area contributed by atoms with E-state index in [9.17, 15) is 14.7 Å². The summed E-state index contributed by atoms with van der Waals surface area (Å²) in [5, 5.41) is 9.34. The van der Waals surface area contributed by atoms with Crippen molar-refractivity contribution < 1.29 is 19.4 Å². The van der Waals surface area contributed by atoms with Gasteiger partial charge >= 0.3 is 12.1 Å². The topological polar surface area (TPSA) is 66.8 Å². The molecule has 0 atom stereocenters. The van der Waals surface area contributed by atoms with Gasteiger partial charge in [0.15, 0.2) is 0 Å². The molecule has 5 heteroatoms. The van der Waals surface area contributed by atoms with Crippen molar-refractivity contribution in [2.75, 3.05) is 6.54 Å². The largest absolute Gasteiger partial charge is 0.478 e. The van der Waals surface area contributed by atoms with Crippen LogP contribution in [0.5, 0.6) is 0 Å². The van der Waals surface area contributed by atoms with Crippen molar-refractivity contribution in [1.82, 2.24) is 4.90 Å². The molecule has 1 aliphatic rings. The van der Waals surface area contributed by atoms with Crippen LogP contribution >= 0.6 is 0 Å². The normalized spacial score (nSPS) is 14.6. The van der Waals surface area contributed by atoms with Gasteiger partial charge in [-0.05, 0) is 56.9 Å². The van der Waals surface area contributed by atoms with Gasteiger partial charge in [0.05, 0.1) is 12.1 Å². The van der Waals surface area contributed by atoms with Crippen molar-refractivity contribution in [2.24, 2.45) is 0 Å². The number of nitrogens with zero attached hydrogens (tertiary/aromatic N) is 1. The number of carbonyl (C=O) groups is 2. The number of hydrogen-bond acceptors (Lipinski definition) is 3. The molecule has 0 radical (unpaired) electrons. The maximum Gasteiger partial charge on any atom is 0.410 e. The van der Waals surface area contributed by atoms with Crippen LogP contribution in [0.3, 0.4) is 0 Å². The number of hydrogen-bond donors (Lipinski definition) is 1. The monoisotopic (exact) mass is 291 g/mol. The highest BCUT2D eigenvalue weighted by atomic mass is 16.6. The summed E-state index contributed by atoms with van der Waals surface area (Å²) < 4.78 is 5.36. The molecule has 0 saturated heterocycles. The lowest BCUT2D eigenvalue weighted by Crippen LogP contribution is -2.40. The molecule has 0 aliphatic carbocycles. The Kier molecular flexibility index (Phi) is 3.94. The van der Waals surface area contributed by atoms with E-state index in [4.69, 9.17) is 4.74 Å². The minimum absolute atomic E-state index is 0.276. The van der Waals surface area contributed by atoms with E-state index in [0.717, 1.165) is 11.1 Å². The van der Waals surface area contributed by atoms with Gasteiger partial charge in [-0.2, -0.15) is 0 Å². The van der Waals surface area contributed by atoms with Crippen LogP contribution in [0, 0.1) is 6.92 Å². The Hall–Kier alpha value is -2.04. The predicted octanol–water partition coefficient (Wildman–Crippen LogP) is 2.99. The summed E-state index contributed by atoms with van der Waals surface area (Å²) in [5.41, 5.74) is 2.37. The van der Waals surface area contributed by atoms with Crippen LogP contribution in [-0.4, -0.2) is 34.2 Å². The zero-order valence-electron chi connectivity index (χ0n) is 12.9. The van der Waals surface area contributed by atoms with Gasteiger partial charge in [0.25, 0.3) is 0 Å². The molecule has 0 unspecified atom stereocenters. The first-order chi connectivity index (χ1) is 9.67. The van der Waals surface area contributed by atoms with Crippen molar-refractivity contribution >= 4 is 12.1 Å². The molecule has 0 spiro atoms. The van der Waals surface area contributed by atoms with Gasteiger partial charge in [0.2, 0.25) is 0 Å². The molecular formula is C16H21NO4. The third-order valence-electron chi connectivity index (χ3n) is 3.37. The van der Waals surface area contributed by atoms with Crippen LogP contribution in [0.15, 0.2) is 12.1 Å². The molecule has 0 aromatic heterocycles. The minimum atomic E-state index is -0.957. The zero-order chi connectivity index (χ0) is 15.8. The quantitative estimate of drug-likeness (QED) is 0.863. The number of amides is 1. The maximum absolute atomic E-state index is 12.1. The van der Waals surface area contributed by atoms with E-state index in [0.29, 0.717) is 18.5 Å². The molecular weight excluding hydrogens is 270 g/mol. The molecule has 1 heterocycles. The maximum atomic E-state index is 12.1. The van der Waals surface area contributed by atoms with Crippen LogP contribution in [-0.2, 0) is 17.7 Å². The highest BCUT2D eigenvalue weighted by Gasteiger charge is 2.28. The molecule has 1 aromatic carbocycles. The molecule has 1 aliphatic heterocycles. The first-order valence-corrected chi connectivity index (χ1v) is 7.01. The van der Waals surface area contributed by atoms with Crippen molar-refractivity contribution in [2.45, 2.75) is 46.3 Å². The molecule has 1 aromatic rings. The summed E-state index contributed by atoms with van der Waals surface area (Å²) >= 11 is 0. The van der Waals surface area contributed by atoms with Gasteiger partial charge in [0.1, 0.15) is 5.60 Å². The molecule has 0 fully saturated rings. The lowest BCUT2D eigenvalue weighted by molar-refractivity contribution is 0.0221. The lowest BCUT2D eigenvalue weighted by Gasteiger charge is -2.32. The number of aromatic carboxylic acids is 1. The van der Waals surface area contributed by atoms with E-state index < -0.39 is 17.7 Å². The summed E-state index contributed by atoms with van der Waals surface area (Å²) in [6.45, 7) is 8.15. The predicted molar refractivity (Wildman–Crippen MR) is 78.5 cm³/mol. The van der Waals surface area contributed by atoms with Crippen molar-refractivity contribution in [3.63, 3.8) is 0 Å². The van der Waals surface area contributed by atoms with Crippen LogP contribution in [0.2, 0.25) is 0 Å². The van der Waals surface area contributed by atoms with Crippen LogP contribution < -0.4 is 0 Å². The smallest absolute Gasteiger partial charge is 0.410 e. The van der Waals surface area contributed by atoms with E-state index in [2.05, 4.69) is 0 Å². The van der Waals surface area contributed by atoms with Gasteiger partial charge < -0.3 is 14.7 Å². The third kappa shape index (κ3) is 3.54. The van der Waals surface area contributed by atoms with Crippen LogP contribution in [0.1, 0.15) is 47.8 Å². The van der Waals surface area contributed by atoms with E-state index >= 15 is 0 Å². The number of ether oxygens (including phenoxy) is 1. The molecule has 0 saturated carbocycles. The highest BCUT2D eigenvalue weighted by molar-refractivity contribution is 5.90. The van der Waals surface area contributed by atoms with E-state index in [1.165, 1.54) is 0 Å². The summed E-state index contributed by atoms with van der Waals surface area (Å²) in [6.07, 6.45) is 0.251. The van der Waals surface area contributed by atoms with Gasteiger partial charge in [0, 0.05) is 6.54 Å². The number of aryl methyl sites for hydroxylation is 1. The summed E-state index contributed by atoms with van der Waals surface area (Å²) in [7, 11) is 0. The Morgan fingerprint density at radius 2 is 1.95 bits per heavy atom. The van der Waals surface area contributed by atoms with Crippen molar-refractivity contribution in [3.05, 3.63) is 34.4 Å². The number of fused-ring (bicyclic) bond motifs is 1. The first kappa shape index (κ1) is 15.4. The fourth-order valence-electron chi connectivity index (χ4n) is 2.50. The van der Waals surface area contributed by atoms with E-state index in [-0.39, 0.29) is 12.1 Å². The lowest BCUT2D eigenvalue weighted by atomic mass is 9.93. The second-order valence-electron chi connectivity index (χ2n) is 6.41. The van der Waals surface area contributed by atoms with Gasteiger partial charge in [-0.3, -0.25) is 0 Å². The second kappa shape index (κ2) is 5.39. The highest BCUT2D eigenvalue weighted by Crippen LogP contribution is 2.25. The first-order valence-electron chi connectivity index (χ1n) is 7.01. The summed E-state index contributed by atoms with van der Waals surface area (Å²) in [4.78, 5) is 25.1. The van der Waals surface area contributed by atoms with Crippen molar-refractivity contribution in [3.8, 4) is 0 Å². The van der Waals surface area contributed by atoms with Crippen LogP contribution in [0.25, 0.3) is 0 Å². The van der Waals surface area contributed by atoms with Gasteiger partial charge in [-0.25, -0.2) is 9.59 Å². The van der Waals surface area contributed by atoms with E-state index in [1.807, 2.05) is 33.8 Å². The number of rotatable bonds is 1. The molecule has 21 heavy (non-hydrogen) atoms. The standard InChI is InChI=1S/C16H21NO4/c1-10-7-11-5-6-17(15(20)21-16(2,3)4)9-13(11)12(8-10)14(18)19/h7-8H,5-6,9H2,1-4H3,(H,18,19). The summed E-state index contributed by atoms with van der Waals surface area (Å²) in [5.74, 6) is -0.957. The summed E-state index contributed by atoms with van der Waals surface area (Å²) in [6, 6.07) is 3.65. The Labute approximate surface area is 124 Å². The number of carboxylic acid groups (broad SMARTS) is 1. The molecule has 1 N–H and O–H groups in total. The van der Waals surface area contributed by atoms with E-state index in [1.54, 1.807) is 11.0 Å². The fourth-order valence-corrected chi connectivity index (χ4v) is 2.50. The fraction of sp³-hybridized carbons (Fsp3) is 0.500. The second-order valence-corrected chi connectivity index (χ2v) is 6.41. The Morgan fingerprint density at radius 3 is 2.52 bits per heavy atom.